The molecule has 0 aromatic carbocycles. The minimum atomic E-state index is -0.784. The number of ether oxygens (including phenoxy) is 1. The molecule has 0 bridgehead atoms. The summed E-state index contributed by atoms with van der Waals surface area (Å²) in [6, 6.07) is 0. The Morgan fingerprint density at radius 3 is 2.89 bits per heavy atom. The number of hydrogen-bond acceptors (Lipinski definition) is 5. The van der Waals surface area contributed by atoms with Gasteiger partial charge >= 0.3 is 6.09 Å². The first-order chi connectivity index (χ1) is 8.81. The van der Waals surface area contributed by atoms with Crippen molar-refractivity contribution < 1.29 is 14.6 Å². The first-order valence-corrected chi connectivity index (χ1v) is 6.24. The van der Waals surface area contributed by atoms with Gasteiger partial charge in [0.1, 0.15) is 11.7 Å². The molecule has 0 radical (unpaired) electrons. The number of aromatic nitrogens is 2. The van der Waals surface area contributed by atoms with Gasteiger partial charge in [0, 0.05) is 12.1 Å². The number of rotatable bonds is 1. The van der Waals surface area contributed by atoms with Crippen LogP contribution in [-0.2, 0) is 17.8 Å². The van der Waals surface area contributed by atoms with Gasteiger partial charge in [-0.25, -0.2) is 4.79 Å². The number of aliphatic hydroxyl groups excluding tert-OH is 1. The number of carbonyl (C=O) groups is 1. The topological polar surface area (TPSA) is 104 Å². The van der Waals surface area contributed by atoms with E-state index in [2.05, 4.69) is 10.2 Å². The highest BCUT2D eigenvalue weighted by atomic mass is 16.6. The van der Waals surface area contributed by atoms with E-state index in [4.69, 9.17) is 10.5 Å². The first kappa shape index (κ1) is 13.8. The fourth-order valence-electron chi connectivity index (χ4n) is 2.12. The summed E-state index contributed by atoms with van der Waals surface area (Å²) in [5.74, 6) is 0. The molecule has 4 N–H and O–H groups in total. The summed E-state index contributed by atoms with van der Waals surface area (Å²) in [7, 11) is 0. The van der Waals surface area contributed by atoms with Crippen LogP contribution in [0.5, 0.6) is 0 Å². The van der Waals surface area contributed by atoms with Crippen molar-refractivity contribution in [1.82, 2.24) is 15.1 Å². The molecule has 1 amide bonds. The van der Waals surface area contributed by atoms with Gasteiger partial charge in [-0.3, -0.25) is 10.00 Å². The Hall–Kier alpha value is -1.60. The van der Waals surface area contributed by atoms with Gasteiger partial charge in [-0.15, -0.1) is 0 Å². The standard InChI is InChI=1S/C12H20N4O3/c1-12(2,3)19-11(18)16-5-8-10(9(17)6-16)7(4-13)14-15-8/h9,17H,4-6,13H2,1-3H3,(H,14,15). The van der Waals surface area contributed by atoms with E-state index in [1.807, 2.05) is 0 Å². The lowest BCUT2D eigenvalue weighted by atomic mass is 10.0. The second-order valence-electron chi connectivity index (χ2n) is 5.64. The Balaban J connectivity index is 2.15. The van der Waals surface area contributed by atoms with Crippen LogP contribution >= 0.6 is 0 Å². The van der Waals surface area contributed by atoms with Crippen molar-refractivity contribution in [3.8, 4) is 0 Å². The van der Waals surface area contributed by atoms with E-state index < -0.39 is 17.8 Å². The zero-order valence-electron chi connectivity index (χ0n) is 11.4. The Kier molecular flexibility index (Phi) is 3.51. The maximum absolute atomic E-state index is 12.0. The van der Waals surface area contributed by atoms with Crippen LogP contribution in [0.3, 0.4) is 0 Å². The molecule has 106 valence electrons. The zero-order chi connectivity index (χ0) is 14.2. The van der Waals surface area contributed by atoms with E-state index in [1.165, 1.54) is 4.90 Å². The largest absolute Gasteiger partial charge is 0.444 e. The molecular weight excluding hydrogens is 248 g/mol. The lowest BCUT2D eigenvalue weighted by Crippen LogP contribution is -2.41. The van der Waals surface area contributed by atoms with Gasteiger partial charge < -0.3 is 15.6 Å². The number of nitrogens with two attached hydrogens (primary N) is 1. The van der Waals surface area contributed by atoms with E-state index in [0.29, 0.717) is 23.5 Å². The Labute approximate surface area is 111 Å². The summed E-state index contributed by atoms with van der Waals surface area (Å²) in [5, 5.41) is 17.0. The van der Waals surface area contributed by atoms with Crippen LogP contribution in [0, 0.1) is 0 Å². The number of aliphatic hydroxyl groups is 1. The van der Waals surface area contributed by atoms with Gasteiger partial charge in [0.2, 0.25) is 0 Å². The molecule has 7 nitrogen and oxygen atoms in total. The second kappa shape index (κ2) is 4.82. The van der Waals surface area contributed by atoms with Crippen LogP contribution in [0.4, 0.5) is 4.79 Å². The summed E-state index contributed by atoms with van der Waals surface area (Å²) in [6.07, 6.45) is -1.23. The SMILES string of the molecule is CC(C)(C)OC(=O)N1Cc2[nH]nc(CN)c2C(O)C1. The molecule has 2 heterocycles. The first-order valence-electron chi connectivity index (χ1n) is 6.24. The van der Waals surface area contributed by atoms with Crippen LogP contribution in [0.1, 0.15) is 43.8 Å². The quantitative estimate of drug-likeness (QED) is 0.693. The third kappa shape index (κ3) is 2.87. The van der Waals surface area contributed by atoms with E-state index in [9.17, 15) is 9.90 Å². The van der Waals surface area contributed by atoms with Crippen molar-refractivity contribution in [2.45, 2.75) is 45.6 Å². The summed E-state index contributed by atoms with van der Waals surface area (Å²) < 4.78 is 5.29. The number of nitrogens with zero attached hydrogens (tertiary/aromatic N) is 2. The number of amides is 1. The fourth-order valence-corrected chi connectivity index (χ4v) is 2.12. The highest BCUT2D eigenvalue weighted by Gasteiger charge is 2.32. The van der Waals surface area contributed by atoms with E-state index >= 15 is 0 Å². The molecule has 1 atom stereocenters. The predicted molar refractivity (Wildman–Crippen MR) is 68.1 cm³/mol. The molecule has 0 aliphatic carbocycles. The summed E-state index contributed by atoms with van der Waals surface area (Å²) in [6.45, 7) is 6.20. The van der Waals surface area contributed by atoms with Crippen LogP contribution < -0.4 is 5.73 Å². The number of fused-ring (bicyclic) bond motifs is 1. The number of aromatic amines is 1. The predicted octanol–water partition coefficient (Wildman–Crippen LogP) is 0.653. The lowest BCUT2D eigenvalue weighted by Gasteiger charge is -2.32. The van der Waals surface area contributed by atoms with Crippen LogP contribution in [0.25, 0.3) is 0 Å². The van der Waals surface area contributed by atoms with Crippen molar-refractivity contribution in [2.75, 3.05) is 6.54 Å². The average Bonchev–Trinajstić information content (AvgIpc) is 2.70. The molecule has 0 saturated carbocycles. The van der Waals surface area contributed by atoms with Crippen molar-refractivity contribution in [3.63, 3.8) is 0 Å². The average molecular weight is 268 g/mol. The molecule has 7 heteroatoms. The van der Waals surface area contributed by atoms with E-state index in [-0.39, 0.29) is 13.1 Å². The van der Waals surface area contributed by atoms with Crippen molar-refractivity contribution in [3.05, 3.63) is 17.0 Å². The third-order valence-corrected chi connectivity index (χ3v) is 2.88. The van der Waals surface area contributed by atoms with Crippen molar-refractivity contribution in [2.24, 2.45) is 5.73 Å². The van der Waals surface area contributed by atoms with Gasteiger partial charge in [-0.1, -0.05) is 0 Å². The summed E-state index contributed by atoms with van der Waals surface area (Å²) in [4.78, 5) is 13.4. The molecule has 1 unspecified atom stereocenters. The maximum atomic E-state index is 12.0. The molecule has 0 saturated heterocycles. The second-order valence-corrected chi connectivity index (χ2v) is 5.64. The molecule has 1 aliphatic heterocycles. The summed E-state index contributed by atoms with van der Waals surface area (Å²) >= 11 is 0. The Morgan fingerprint density at radius 1 is 1.63 bits per heavy atom. The van der Waals surface area contributed by atoms with Gasteiger partial charge in [-0.05, 0) is 20.8 Å². The van der Waals surface area contributed by atoms with Crippen molar-refractivity contribution >= 4 is 6.09 Å². The van der Waals surface area contributed by atoms with Crippen LogP contribution in [0.2, 0.25) is 0 Å². The molecule has 0 spiro atoms. The molecular formula is C12H20N4O3. The Morgan fingerprint density at radius 2 is 2.32 bits per heavy atom. The minimum Gasteiger partial charge on any atom is -0.444 e. The third-order valence-electron chi connectivity index (χ3n) is 2.88. The maximum Gasteiger partial charge on any atom is 0.410 e. The molecule has 0 fully saturated rings. The lowest BCUT2D eigenvalue weighted by molar-refractivity contribution is 0.00786. The Bertz CT molecular complexity index is 478. The van der Waals surface area contributed by atoms with Crippen LogP contribution in [-0.4, -0.2) is 38.4 Å². The van der Waals surface area contributed by atoms with Gasteiger partial charge in [0.25, 0.3) is 0 Å². The fraction of sp³-hybridized carbons (Fsp3) is 0.667. The highest BCUT2D eigenvalue weighted by molar-refractivity contribution is 5.68. The van der Waals surface area contributed by atoms with Crippen LogP contribution in [0.15, 0.2) is 0 Å². The van der Waals surface area contributed by atoms with Gasteiger partial charge in [0.05, 0.1) is 24.5 Å². The number of carbonyl (C=O) groups excluding carboxylic acids is 1. The number of H-pyrrole nitrogens is 1. The zero-order valence-corrected chi connectivity index (χ0v) is 11.4. The van der Waals surface area contributed by atoms with E-state index in [1.54, 1.807) is 20.8 Å². The highest BCUT2D eigenvalue weighted by Crippen LogP contribution is 2.28. The molecule has 2 rings (SSSR count). The minimum absolute atomic E-state index is 0.189. The molecule has 19 heavy (non-hydrogen) atoms. The monoisotopic (exact) mass is 268 g/mol. The van der Waals surface area contributed by atoms with E-state index in [0.717, 1.165) is 0 Å². The number of β-amino-alcohol motifs (C(OH)–C–C–N with tert-alkyl or cyclic N) is 1. The molecule has 1 aromatic heterocycles. The number of nitrogens with one attached hydrogen (secondary N) is 1. The van der Waals surface area contributed by atoms with Crippen molar-refractivity contribution in [1.29, 1.82) is 0 Å². The van der Waals surface area contributed by atoms with Gasteiger partial charge in [-0.2, -0.15) is 5.10 Å². The smallest absolute Gasteiger partial charge is 0.410 e. The molecule has 1 aromatic rings. The van der Waals surface area contributed by atoms with Gasteiger partial charge in [0.15, 0.2) is 0 Å². The summed E-state index contributed by atoms with van der Waals surface area (Å²) in [5.41, 5.74) is 7.07. The molecule has 1 aliphatic rings. The number of hydrogen-bond donors (Lipinski definition) is 3. The normalized spacial score (nSPS) is 19.2.